The molecule has 0 saturated carbocycles. The van der Waals surface area contributed by atoms with E-state index in [1.165, 1.54) is 12.1 Å². The number of alkyl halides is 4. The Morgan fingerprint density at radius 2 is 1.97 bits per heavy atom. The van der Waals surface area contributed by atoms with Gasteiger partial charge in [-0.15, -0.1) is 5.10 Å². The first-order chi connectivity index (χ1) is 15.3. The van der Waals surface area contributed by atoms with Crippen molar-refractivity contribution < 1.29 is 27.0 Å². The lowest BCUT2D eigenvalue weighted by Crippen LogP contribution is -2.32. The van der Waals surface area contributed by atoms with E-state index >= 15 is 0 Å². The first kappa shape index (κ1) is 23.2. The van der Waals surface area contributed by atoms with Crippen LogP contribution in [0.25, 0.3) is 15.7 Å². The minimum Gasteiger partial charge on any atom is -0.474 e. The van der Waals surface area contributed by atoms with Crippen LogP contribution in [0.15, 0.2) is 34.6 Å². The van der Waals surface area contributed by atoms with Crippen molar-refractivity contribution in [3.8, 4) is 11.9 Å². The maximum absolute atomic E-state index is 13.5. The molecule has 11 heteroatoms. The number of allylic oxidation sites excluding steroid dienone is 2. The van der Waals surface area contributed by atoms with Gasteiger partial charge in [-0.2, -0.15) is 5.26 Å². The van der Waals surface area contributed by atoms with Crippen molar-refractivity contribution in [1.29, 1.82) is 5.26 Å². The summed E-state index contributed by atoms with van der Waals surface area (Å²) in [5, 5.41) is 16.8. The van der Waals surface area contributed by atoms with Crippen molar-refractivity contribution in [1.82, 2.24) is 10.2 Å². The second kappa shape index (κ2) is 9.79. The number of hydrogen-bond donors (Lipinski definition) is 1. The maximum Gasteiger partial charge on any atom is 0.277 e. The van der Waals surface area contributed by atoms with Gasteiger partial charge in [0, 0.05) is 5.92 Å². The quantitative estimate of drug-likeness (QED) is 0.359. The first-order valence-corrected chi connectivity index (χ1v) is 9.66. The highest BCUT2D eigenvalue weighted by Crippen LogP contribution is 2.43. The highest BCUT2D eigenvalue weighted by Gasteiger charge is 2.42. The minimum atomic E-state index is -3.24. The Hall–Kier alpha value is -3.44. The molecule has 0 saturated heterocycles. The fourth-order valence-electron chi connectivity index (χ4n) is 3.45. The molecule has 1 aliphatic heterocycles. The topological polar surface area (TPSA) is 87.7 Å². The zero-order chi connectivity index (χ0) is 23.4. The second-order valence-corrected chi connectivity index (χ2v) is 7.21. The number of nitrogens with zero attached hydrogens (tertiary/aromatic N) is 4. The molecule has 0 fully saturated rings. The Kier molecular flexibility index (Phi) is 7.11. The molecule has 1 aliphatic rings. The van der Waals surface area contributed by atoms with Gasteiger partial charge >= 0.3 is 0 Å². The van der Waals surface area contributed by atoms with Crippen molar-refractivity contribution in [2.24, 2.45) is 10.9 Å². The Morgan fingerprint density at radius 1 is 1.22 bits per heavy atom. The van der Waals surface area contributed by atoms with Crippen LogP contribution in [0.2, 0.25) is 0 Å². The minimum absolute atomic E-state index is 0.0175. The molecule has 0 spiro atoms. The Balaban J connectivity index is 2.05. The van der Waals surface area contributed by atoms with Gasteiger partial charge in [0.15, 0.2) is 0 Å². The van der Waals surface area contributed by atoms with E-state index in [-0.39, 0.29) is 24.2 Å². The van der Waals surface area contributed by atoms with E-state index in [2.05, 4.69) is 20.0 Å². The monoisotopic (exact) mass is 449 g/mol. The molecule has 1 aromatic carbocycles. The van der Waals surface area contributed by atoms with Crippen LogP contribution in [0.3, 0.4) is 0 Å². The molecule has 3 rings (SSSR count). The molecule has 0 amide bonds. The van der Waals surface area contributed by atoms with Gasteiger partial charge in [-0.1, -0.05) is 6.07 Å². The number of halogens is 4. The summed E-state index contributed by atoms with van der Waals surface area (Å²) in [5.41, 5.74) is -1.78. The summed E-state index contributed by atoms with van der Waals surface area (Å²) >= 11 is 0. The van der Waals surface area contributed by atoms with Gasteiger partial charge in [0.1, 0.15) is 12.3 Å². The number of nitriles is 1. The molecule has 0 radical (unpaired) electrons. The van der Waals surface area contributed by atoms with E-state index in [0.29, 0.717) is 17.5 Å². The van der Waals surface area contributed by atoms with Crippen LogP contribution in [-0.4, -0.2) is 48.1 Å². The number of aliphatic imine (C=N–C) groups is 1. The van der Waals surface area contributed by atoms with Crippen LogP contribution in [0.5, 0.6) is 5.88 Å². The lowest BCUT2D eigenvalue weighted by molar-refractivity contribution is 0.0546. The van der Waals surface area contributed by atoms with Crippen molar-refractivity contribution in [3.05, 3.63) is 46.6 Å². The van der Waals surface area contributed by atoms with E-state index in [1.807, 2.05) is 13.8 Å². The predicted molar refractivity (Wildman–Crippen MR) is 108 cm³/mol. The summed E-state index contributed by atoms with van der Waals surface area (Å²) in [6.07, 6.45) is -6.45. The third-order valence-electron chi connectivity index (χ3n) is 4.83. The lowest BCUT2D eigenvalue weighted by atomic mass is 9.78. The summed E-state index contributed by atoms with van der Waals surface area (Å²) in [6.45, 7) is 11.6. The average Bonchev–Trinajstić information content (AvgIpc) is 3.16. The molecule has 2 aromatic rings. The molecular weight excluding hydrogens is 430 g/mol. The van der Waals surface area contributed by atoms with Crippen molar-refractivity contribution in [3.63, 3.8) is 0 Å². The van der Waals surface area contributed by atoms with E-state index in [0.717, 1.165) is 0 Å². The van der Waals surface area contributed by atoms with Gasteiger partial charge in [0.25, 0.3) is 12.9 Å². The zero-order valence-electron chi connectivity index (χ0n) is 17.2. The van der Waals surface area contributed by atoms with Crippen LogP contribution < -0.4 is 4.74 Å². The van der Waals surface area contributed by atoms with Gasteiger partial charge in [-0.3, -0.25) is 10.1 Å². The van der Waals surface area contributed by atoms with Crippen molar-refractivity contribution in [2.75, 3.05) is 13.2 Å². The molecule has 2 unspecified atom stereocenters. The number of rotatable bonds is 8. The van der Waals surface area contributed by atoms with Gasteiger partial charge in [0.2, 0.25) is 11.6 Å². The fraction of sp³-hybridized carbons (Fsp3) is 0.429. The van der Waals surface area contributed by atoms with Gasteiger partial charge in [-0.05, 0) is 31.5 Å². The first-order valence-electron chi connectivity index (χ1n) is 9.66. The molecule has 0 aliphatic carbocycles. The number of benzene rings is 1. The van der Waals surface area contributed by atoms with E-state index in [1.54, 1.807) is 12.1 Å². The van der Waals surface area contributed by atoms with Gasteiger partial charge in [-0.25, -0.2) is 22.4 Å². The Labute approximate surface area is 181 Å². The molecule has 168 valence electrons. The molecule has 0 bridgehead atoms. The summed E-state index contributed by atoms with van der Waals surface area (Å²) in [4.78, 5) is 6.44. The second-order valence-electron chi connectivity index (χ2n) is 7.21. The highest BCUT2D eigenvalue weighted by molar-refractivity contribution is 5.95. The van der Waals surface area contributed by atoms with Crippen LogP contribution in [0.4, 0.5) is 17.6 Å². The number of hydrogen-bond acceptors (Lipinski definition) is 5. The van der Waals surface area contributed by atoms with Gasteiger partial charge < -0.3 is 9.47 Å². The van der Waals surface area contributed by atoms with Gasteiger partial charge in [0.05, 0.1) is 47.9 Å². The lowest BCUT2D eigenvalue weighted by Gasteiger charge is -2.28. The molecule has 2 atom stereocenters. The molecule has 7 nitrogen and oxygen atoms in total. The number of aromatic nitrogens is 2. The highest BCUT2D eigenvalue weighted by atomic mass is 19.3. The van der Waals surface area contributed by atoms with Crippen LogP contribution >= 0.6 is 0 Å². The van der Waals surface area contributed by atoms with E-state index in [9.17, 15) is 22.8 Å². The Morgan fingerprint density at radius 3 is 2.56 bits per heavy atom. The Bertz CT molecular complexity index is 1130. The SMILES string of the molecule is [C-]#[N+]C1=C(C(F)F)N=C(C(F)F)C(C#N)C1c1ccc2[nH]nc(OCCOC(C)C)c2c1. The van der Waals surface area contributed by atoms with Crippen molar-refractivity contribution in [2.45, 2.75) is 38.7 Å². The van der Waals surface area contributed by atoms with E-state index in [4.69, 9.17) is 16.0 Å². The average molecular weight is 449 g/mol. The summed E-state index contributed by atoms with van der Waals surface area (Å²) < 4.78 is 65.1. The summed E-state index contributed by atoms with van der Waals surface area (Å²) in [5.74, 6) is -2.71. The largest absolute Gasteiger partial charge is 0.474 e. The van der Waals surface area contributed by atoms with Crippen LogP contribution in [-0.2, 0) is 4.74 Å². The number of fused-ring (bicyclic) bond motifs is 1. The predicted octanol–water partition coefficient (Wildman–Crippen LogP) is 4.71. The third kappa shape index (κ3) is 4.58. The third-order valence-corrected chi connectivity index (χ3v) is 4.83. The number of ether oxygens (including phenoxy) is 2. The van der Waals surface area contributed by atoms with Crippen molar-refractivity contribution >= 4 is 16.6 Å². The maximum atomic E-state index is 13.5. The number of aromatic amines is 1. The standard InChI is InChI=1S/C21H19F4N5O2/c1-10(2)31-6-7-32-21-12-8-11(4-5-14(12)29-30-21)15-13(9-26)16(19(22)23)28-18(20(24)25)17(15)27-3/h4-5,8,10,13,15,19-20H,6-7H2,1-2H3,(H,29,30). The summed E-state index contributed by atoms with van der Waals surface area (Å²) in [6, 6.07) is 6.24. The molecule has 1 aromatic heterocycles. The number of nitrogens with one attached hydrogen (secondary N) is 1. The molecule has 32 heavy (non-hydrogen) atoms. The van der Waals surface area contributed by atoms with Crippen LogP contribution in [0, 0.1) is 23.8 Å². The molecule has 2 heterocycles. The van der Waals surface area contributed by atoms with E-state index < -0.39 is 41.8 Å². The van der Waals surface area contributed by atoms with Crippen LogP contribution in [0.1, 0.15) is 25.3 Å². The summed E-state index contributed by atoms with van der Waals surface area (Å²) in [7, 11) is 0. The smallest absolute Gasteiger partial charge is 0.277 e. The fourth-order valence-corrected chi connectivity index (χ4v) is 3.45. The number of H-pyrrole nitrogens is 1. The normalized spacial score (nSPS) is 18.9. The molecule has 1 N–H and O–H groups in total. The zero-order valence-corrected chi connectivity index (χ0v) is 17.2. The molecular formula is C21H19F4N5O2.